The summed E-state index contributed by atoms with van der Waals surface area (Å²) >= 11 is 0. The number of hydrogen-bond acceptors (Lipinski definition) is 0. The Morgan fingerprint density at radius 2 is 2.06 bits per heavy atom. The van der Waals surface area contributed by atoms with Crippen molar-refractivity contribution in [2.75, 3.05) is 0 Å². The maximum atomic E-state index is 3.87. The number of aryl methyl sites for hydroxylation is 1. The Labute approximate surface area is 96.7 Å². The van der Waals surface area contributed by atoms with Gasteiger partial charge in [-0.05, 0) is 24.5 Å². The molecule has 0 saturated carbocycles. The molecule has 0 spiro atoms. The Balaban J connectivity index is 2.37. The maximum Gasteiger partial charge on any atom is 0.0553 e. The molecule has 1 aromatic carbocycles. The van der Waals surface area contributed by atoms with Gasteiger partial charge in [0.1, 0.15) is 0 Å². The fourth-order valence-electron chi connectivity index (χ4n) is 2.05. The summed E-state index contributed by atoms with van der Waals surface area (Å²) in [6, 6.07) is 8.50. The third kappa shape index (κ3) is 1.94. The summed E-state index contributed by atoms with van der Waals surface area (Å²) in [5.74, 6) is 0. The van der Waals surface area contributed by atoms with Crippen LogP contribution >= 0.6 is 0 Å². The van der Waals surface area contributed by atoms with E-state index in [-0.39, 0.29) is 0 Å². The summed E-state index contributed by atoms with van der Waals surface area (Å²) in [7, 11) is 0. The molecule has 0 amide bonds. The molecule has 0 bridgehead atoms. The Kier molecular flexibility index (Phi) is 3.25. The zero-order valence-electron chi connectivity index (χ0n) is 9.52. The minimum atomic E-state index is 1.04. The largest absolute Gasteiger partial charge is 0.347 e. The molecule has 16 heavy (non-hydrogen) atoms. The number of allylic oxidation sites excluding steroid dienone is 1. The lowest BCUT2D eigenvalue weighted by molar-refractivity contribution is 0.671. The monoisotopic (exact) mass is 211 g/mol. The summed E-state index contributed by atoms with van der Waals surface area (Å²) in [6.45, 7) is 8.66. The van der Waals surface area contributed by atoms with Crippen molar-refractivity contribution in [3.8, 4) is 0 Å². The average Bonchev–Trinajstić information content (AvgIpc) is 2.73. The number of hydrogen-bond donors (Lipinski definition) is 0. The molecular weight excluding hydrogens is 194 g/mol. The molecule has 0 unspecified atom stereocenters. The van der Waals surface area contributed by atoms with Crippen LogP contribution in [0.25, 0.3) is 17.0 Å². The van der Waals surface area contributed by atoms with E-state index in [1.807, 2.05) is 12.2 Å². The van der Waals surface area contributed by atoms with Crippen LogP contribution in [0.1, 0.15) is 18.4 Å². The topological polar surface area (TPSA) is 4.93 Å². The van der Waals surface area contributed by atoms with Crippen molar-refractivity contribution < 1.29 is 0 Å². The van der Waals surface area contributed by atoms with E-state index in [1.54, 1.807) is 0 Å². The molecule has 82 valence electrons. The third-order valence-corrected chi connectivity index (χ3v) is 2.85. The van der Waals surface area contributed by atoms with Crippen LogP contribution in [0, 0.1) is 0 Å². The third-order valence-electron chi connectivity index (χ3n) is 2.85. The number of unbranched alkanes of at least 4 members (excludes halogenated alkanes) is 1. The van der Waals surface area contributed by atoms with Gasteiger partial charge in [-0.2, -0.15) is 0 Å². The average molecular weight is 211 g/mol. The van der Waals surface area contributed by atoms with E-state index < -0.39 is 0 Å². The summed E-state index contributed by atoms with van der Waals surface area (Å²) in [5, 5.41) is 1.29. The molecule has 0 saturated heterocycles. The molecule has 1 nitrogen and oxygen atoms in total. The van der Waals surface area contributed by atoms with Gasteiger partial charge in [-0.25, -0.2) is 0 Å². The number of rotatable bonds is 5. The van der Waals surface area contributed by atoms with E-state index in [4.69, 9.17) is 0 Å². The molecule has 0 aliphatic rings. The van der Waals surface area contributed by atoms with Gasteiger partial charge in [-0.3, -0.25) is 0 Å². The van der Waals surface area contributed by atoms with E-state index >= 15 is 0 Å². The predicted octanol–water partition coefficient (Wildman–Crippen LogP) is 4.25. The van der Waals surface area contributed by atoms with E-state index in [0.717, 1.165) is 19.4 Å². The van der Waals surface area contributed by atoms with Gasteiger partial charge in [0, 0.05) is 18.1 Å². The van der Waals surface area contributed by atoms with E-state index in [9.17, 15) is 0 Å². The lowest BCUT2D eigenvalue weighted by atomic mass is 10.1. The highest BCUT2D eigenvalue weighted by Crippen LogP contribution is 2.21. The first-order chi connectivity index (χ1) is 7.86. The molecule has 0 N–H and O–H groups in total. The number of nitrogens with zero attached hydrogens (tertiary/aromatic N) is 1. The molecule has 1 aromatic heterocycles. The lowest BCUT2D eigenvalue weighted by Gasteiger charge is -2.06. The number of para-hydroxylation sites is 1. The maximum absolute atomic E-state index is 3.87. The highest BCUT2D eigenvalue weighted by atomic mass is 14.9. The van der Waals surface area contributed by atoms with Gasteiger partial charge in [0.25, 0.3) is 0 Å². The first kappa shape index (κ1) is 10.7. The van der Waals surface area contributed by atoms with E-state index in [2.05, 4.69) is 48.2 Å². The normalized spacial score (nSPS) is 10.5. The molecule has 1 heteroatoms. The van der Waals surface area contributed by atoms with Crippen LogP contribution in [0.3, 0.4) is 0 Å². The number of fused-ring (bicyclic) bond motifs is 1. The van der Waals surface area contributed by atoms with Crippen molar-refractivity contribution in [3.05, 3.63) is 55.3 Å². The highest BCUT2D eigenvalue weighted by Gasteiger charge is 2.03. The first-order valence-corrected chi connectivity index (χ1v) is 5.68. The molecule has 2 aromatic rings. The van der Waals surface area contributed by atoms with Crippen molar-refractivity contribution in [3.63, 3.8) is 0 Å². The van der Waals surface area contributed by atoms with Crippen molar-refractivity contribution in [2.45, 2.75) is 19.4 Å². The van der Waals surface area contributed by atoms with Crippen molar-refractivity contribution >= 4 is 17.0 Å². The van der Waals surface area contributed by atoms with Crippen LogP contribution in [0.15, 0.2) is 49.7 Å². The molecular formula is C15H17N. The fraction of sp³-hybridized carbons (Fsp3) is 0.200. The minimum absolute atomic E-state index is 1.04. The molecule has 0 atom stereocenters. The summed E-state index contributed by atoms with van der Waals surface area (Å²) in [5.41, 5.74) is 2.50. The number of benzene rings is 1. The van der Waals surface area contributed by atoms with Crippen LogP contribution < -0.4 is 0 Å². The van der Waals surface area contributed by atoms with Crippen LogP contribution in [-0.4, -0.2) is 4.57 Å². The lowest BCUT2D eigenvalue weighted by Crippen LogP contribution is -1.96. The Hall–Kier alpha value is -1.76. The van der Waals surface area contributed by atoms with Gasteiger partial charge in [0.2, 0.25) is 0 Å². The highest BCUT2D eigenvalue weighted by molar-refractivity contribution is 5.88. The van der Waals surface area contributed by atoms with Gasteiger partial charge in [0.15, 0.2) is 0 Å². The van der Waals surface area contributed by atoms with Gasteiger partial charge < -0.3 is 4.57 Å². The zero-order chi connectivity index (χ0) is 11.4. The standard InChI is InChI=1S/C15H17N/c1-3-5-6-11-16-12-10-14-9-7-8-13(4-2)15(14)16/h3-4,7-10,12H,1-2,5-6,11H2. The van der Waals surface area contributed by atoms with Crippen molar-refractivity contribution in [1.82, 2.24) is 4.57 Å². The second-order valence-electron chi connectivity index (χ2n) is 3.93. The van der Waals surface area contributed by atoms with Crippen molar-refractivity contribution in [2.24, 2.45) is 0 Å². The Bertz CT molecular complexity index is 505. The van der Waals surface area contributed by atoms with Crippen LogP contribution in [0.5, 0.6) is 0 Å². The summed E-state index contributed by atoms with van der Waals surface area (Å²) in [6.07, 6.45) is 8.25. The van der Waals surface area contributed by atoms with Gasteiger partial charge in [-0.15, -0.1) is 6.58 Å². The first-order valence-electron chi connectivity index (χ1n) is 5.68. The smallest absolute Gasteiger partial charge is 0.0553 e. The molecule has 0 aliphatic heterocycles. The van der Waals surface area contributed by atoms with Crippen LogP contribution in [0.4, 0.5) is 0 Å². The second-order valence-corrected chi connectivity index (χ2v) is 3.93. The second kappa shape index (κ2) is 4.84. The molecule has 0 aliphatic carbocycles. The van der Waals surface area contributed by atoms with Crippen LogP contribution in [-0.2, 0) is 6.54 Å². The van der Waals surface area contributed by atoms with E-state index in [1.165, 1.54) is 16.5 Å². The Morgan fingerprint density at radius 1 is 1.19 bits per heavy atom. The quantitative estimate of drug-likeness (QED) is 0.514. The van der Waals surface area contributed by atoms with Gasteiger partial charge in [0.05, 0.1) is 5.52 Å². The van der Waals surface area contributed by atoms with Crippen molar-refractivity contribution in [1.29, 1.82) is 0 Å². The molecule has 2 rings (SSSR count). The predicted molar refractivity (Wildman–Crippen MR) is 71.5 cm³/mol. The zero-order valence-corrected chi connectivity index (χ0v) is 9.52. The van der Waals surface area contributed by atoms with E-state index in [0.29, 0.717) is 0 Å². The van der Waals surface area contributed by atoms with Gasteiger partial charge >= 0.3 is 0 Å². The van der Waals surface area contributed by atoms with Gasteiger partial charge in [-0.1, -0.05) is 36.9 Å². The fourth-order valence-corrected chi connectivity index (χ4v) is 2.05. The Morgan fingerprint density at radius 3 is 2.81 bits per heavy atom. The van der Waals surface area contributed by atoms with Crippen LogP contribution in [0.2, 0.25) is 0 Å². The minimum Gasteiger partial charge on any atom is -0.347 e. The summed E-state index contributed by atoms with van der Waals surface area (Å²) in [4.78, 5) is 0. The molecule has 1 heterocycles. The summed E-state index contributed by atoms with van der Waals surface area (Å²) < 4.78 is 2.30. The molecule has 0 fully saturated rings. The SMILES string of the molecule is C=CCCCn1ccc2cccc(C=C)c21. The molecule has 0 radical (unpaired) electrons. The number of aromatic nitrogens is 1.